The second-order valence-electron chi connectivity index (χ2n) is 4.31. The second kappa shape index (κ2) is 6.02. The van der Waals surface area contributed by atoms with Gasteiger partial charge in [-0.15, -0.1) is 11.8 Å². The molecule has 0 saturated heterocycles. The molecule has 1 amide bonds. The Bertz CT molecular complexity index is 390. The molecule has 94 valence electrons. The summed E-state index contributed by atoms with van der Waals surface area (Å²) in [5, 5.41) is 12.0. The molecule has 0 unspecified atom stereocenters. The molecular weight excluding hydrogens is 241 g/mol. The van der Waals surface area contributed by atoms with Crippen molar-refractivity contribution in [3.63, 3.8) is 0 Å². The lowest BCUT2D eigenvalue weighted by Gasteiger charge is -2.17. The van der Waals surface area contributed by atoms with Gasteiger partial charge in [0.25, 0.3) is 0 Å². The number of nitrogens with one attached hydrogen (secondary N) is 1. The van der Waals surface area contributed by atoms with Gasteiger partial charge in [0.2, 0.25) is 5.91 Å². The average molecular weight is 257 g/mol. The topological polar surface area (TPSA) is 49.3 Å². The van der Waals surface area contributed by atoms with Crippen LogP contribution in [0.5, 0.6) is 0 Å². The molecule has 1 aromatic carbocycles. The maximum absolute atomic E-state index is 13.2. The van der Waals surface area contributed by atoms with Crippen LogP contribution in [0.4, 0.5) is 4.39 Å². The van der Waals surface area contributed by atoms with Crippen molar-refractivity contribution in [3.8, 4) is 0 Å². The molecule has 0 atom stereocenters. The first-order chi connectivity index (χ1) is 7.88. The lowest BCUT2D eigenvalue weighted by Crippen LogP contribution is -2.38. The van der Waals surface area contributed by atoms with Gasteiger partial charge >= 0.3 is 0 Å². The number of amides is 1. The van der Waals surface area contributed by atoms with Crippen molar-refractivity contribution in [2.75, 3.05) is 12.3 Å². The number of aliphatic hydroxyl groups is 1. The smallest absolute Gasteiger partial charge is 0.230 e. The Kier molecular flexibility index (Phi) is 4.96. The summed E-state index contributed by atoms with van der Waals surface area (Å²) in [5.74, 6) is -0.412. The first kappa shape index (κ1) is 14.0. The molecule has 0 radical (unpaired) electrons. The van der Waals surface area contributed by atoms with Gasteiger partial charge in [0.05, 0.1) is 11.4 Å². The van der Waals surface area contributed by atoms with Crippen LogP contribution in [0, 0.1) is 5.82 Å². The summed E-state index contributed by atoms with van der Waals surface area (Å²) < 4.78 is 13.2. The van der Waals surface area contributed by atoms with Crippen molar-refractivity contribution in [2.45, 2.75) is 24.3 Å². The zero-order valence-electron chi connectivity index (χ0n) is 9.87. The van der Waals surface area contributed by atoms with Crippen LogP contribution in [0.3, 0.4) is 0 Å². The standard InChI is InChI=1S/C12H16FNO2S/c1-12(2,16)8-14-11(15)7-17-10-6-4-3-5-9(10)13/h3-6,16H,7-8H2,1-2H3,(H,14,15). The van der Waals surface area contributed by atoms with Crippen LogP contribution in [0.15, 0.2) is 29.2 Å². The molecule has 0 bridgehead atoms. The molecule has 0 heterocycles. The summed E-state index contributed by atoms with van der Waals surface area (Å²) in [6.45, 7) is 3.40. The summed E-state index contributed by atoms with van der Waals surface area (Å²) in [7, 11) is 0. The zero-order chi connectivity index (χ0) is 12.9. The monoisotopic (exact) mass is 257 g/mol. The van der Waals surface area contributed by atoms with Crippen molar-refractivity contribution in [1.29, 1.82) is 0 Å². The van der Waals surface area contributed by atoms with Crippen LogP contribution in [0.1, 0.15) is 13.8 Å². The molecule has 0 spiro atoms. The average Bonchev–Trinajstić information content (AvgIpc) is 2.24. The number of thioether (sulfide) groups is 1. The highest BCUT2D eigenvalue weighted by molar-refractivity contribution is 8.00. The predicted octanol–water partition coefficient (Wildman–Crippen LogP) is 1.80. The van der Waals surface area contributed by atoms with Gasteiger partial charge in [-0.25, -0.2) is 4.39 Å². The lowest BCUT2D eigenvalue weighted by molar-refractivity contribution is -0.119. The van der Waals surface area contributed by atoms with Gasteiger partial charge in [0, 0.05) is 11.4 Å². The minimum absolute atomic E-state index is 0.136. The Balaban J connectivity index is 2.36. The number of hydrogen-bond acceptors (Lipinski definition) is 3. The van der Waals surface area contributed by atoms with Gasteiger partial charge < -0.3 is 10.4 Å². The minimum atomic E-state index is -0.932. The molecule has 1 aromatic rings. The number of carbonyl (C=O) groups is 1. The van der Waals surface area contributed by atoms with E-state index in [0.29, 0.717) is 4.90 Å². The fraction of sp³-hybridized carbons (Fsp3) is 0.417. The number of benzene rings is 1. The van der Waals surface area contributed by atoms with Crippen LogP contribution < -0.4 is 5.32 Å². The number of hydrogen-bond donors (Lipinski definition) is 2. The summed E-state index contributed by atoms with van der Waals surface area (Å²) >= 11 is 1.14. The molecular formula is C12H16FNO2S. The number of halogens is 1. The molecule has 1 rings (SSSR count). The highest BCUT2D eigenvalue weighted by Gasteiger charge is 2.14. The molecule has 0 saturated carbocycles. The summed E-state index contributed by atoms with van der Waals surface area (Å²) in [6.07, 6.45) is 0. The van der Waals surface area contributed by atoms with Crippen LogP contribution in [-0.2, 0) is 4.79 Å². The molecule has 2 N–H and O–H groups in total. The highest BCUT2D eigenvalue weighted by Crippen LogP contribution is 2.20. The van der Waals surface area contributed by atoms with Crippen molar-refractivity contribution in [2.24, 2.45) is 0 Å². The Morgan fingerprint density at radius 3 is 2.71 bits per heavy atom. The normalized spacial score (nSPS) is 11.3. The Labute approximate surface area is 104 Å². The molecule has 0 aliphatic rings. The Morgan fingerprint density at radius 2 is 2.12 bits per heavy atom. The number of rotatable bonds is 5. The third-order valence-electron chi connectivity index (χ3n) is 1.91. The largest absolute Gasteiger partial charge is 0.389 e. The predicted molar refractivity (Wildman–Crippen MR) is 66.4 cm³/mol. The minimum Gasteiger partial charge on any atom is -0.389 e. The van der Waals surface area contributed by atoms with E-state index in [0.717, 1.165) is 11.8 Å². The van der Waals surface area contributed by atoms with Gasteiger partial charge in [-0.1, -0.05) is 12.1 Å². The lowest BCUT2D eigenvalue weighted by atomic mass is 10.1. The van der Waals surface area contributed by atoms with Crippen molar-refractivity contribution in [1.82, 2.24) is 5.32 Å². The van der Waals surface area contributed by atoms with Gasteiger partial charge in [0.1, 0.15) is 5.82 Å². The van der Waals surface area contributed by atoms with E-state index in [2.05, 4.69) is 5.32 Å². The van der Waals surface area contributed by atoms with Gasteiger partial charge in [-0.2, -0.15) is 0 Å². The molecule has 17 heavy (non-hydrogen) atoms. The maximum Gasteiger partial charge on any atom is 0.230 e. The maximum atomic E-state index is 13.2. The van der Waals surface area contributed by atoms with E-state index in [1.165, 1.54) is 6.07 Å². The van der Waals surface area contributed by atoms with E-state index in [9.17, 15) is 14.3 Å². The van der Waals surface area contributed by atoms with E-state index < -0.39 is 5.60 Å². The third kappa shape index (κ3) is 5.70. The first-order valence-electron chi connectivity index (χ1n) is 5.25. The molecule has 0 fully saturated rings. The second-order valence-corrected chi connectivity index (χ2v) is 5.33. The number of carbonyl (C=O) groups excluding carboxylic acids is 1. The van der Waals surface area contributed by atoms with E-state index in [1.807, 2.05) is 0 Å². The van der Waals surface area contributed by atoms with Crippen LogP contribution in [0.25, 0.3) is 0 Å². The quantitative estimate of drug-likeness (QED) is 0.791. The molecule has 0 aromatic heterocycles. The van der Waals surface area contributed by atoms with E-state index in [-0.39, 0.29) is 24.0 Å². The van der Waals surface area contributed by atoms with Crippen LogP contribution in [-0.4, -0.2) is 28.9 Å². The van der Waals surface area contributed by atoms with Crippen LogP contribution >= 0.6 is 11.8 Å². The molecule has 3 nitrogen and oxygen atoms in total. The van der Waals surface area contributed by atoms with E-state index in [4.69, 9.17) is 0 Å². The summed E-state index contributed by atoms with van der Waals surface area (Å²) in [5.41, 5.74) is -0.932. The Morgan fingerprint density at radius 1 is 1.47 bits per heavy atom. The fourth-order valence-corrected chi connectivity index (χ4v) is 1.84. The Hall–Kier alpha value is -1.07. The SMILES string of the molecule is CC(C)(O)CNC(=O)CSc1ccccc1F. The van der Waals surface area contributed by atoms with Gasteiger partial charge in [-0.3, -0.25) is 4.79 Å². The first-order valence-corrected chi connectivity index (χ1v) is 6.23. The third-order valence-corrected chi connectivity index (χ3v) is 2.96. The molecule has 5 heteroatoms. The molecule has 0 aliphatic heterocycles. The summed E-state index contributed by atoms with van der Waals surface area (Å²) in [6, 6.07) is 6.31. The van der Waals surface area contributed by atoms with Gasteiger partial charge in [0.15, 0.2) is 0 Å². The van der Waals surface area contributed by atoms with Crippen molar-refractivity contribution < 1.29 is 14.3 Å². The van der Waals surface area contributed by atoms with Crippen LogP contribution in [0.2, 0.25) is 0 Å². The van der Waals surface area contributed by atoms with Crippen molar-refractivity contribution in [3.05, 3.63) is 30.1 Å². The van der Waals surface area contributed by atoms with Gasteiger partial charge in [-0.05, 0) is 26.0 Å². The zero-order valence-corrected chi connectivity index (χ0v) is 10.7. The highest BCUT2D eigenvalue weighted by atomic mass is 32.2. The van der Waals surface area contributed by atoms with E-state index in [1.54, 1.807) is 32.0 Å². The molecule has 0 aliphatic carbocycles. The fourth-order valence-electron chi connectivity index (χ4n) is 1.07. The summed E-state index contributed by atoms with van der Waals surface area (Å²) in [4.78, 5) is 11.9. The van der Waals surface area contributed by atoms with Crippen molar-refractivity contribution >= 4 is 17.7 Å². The van der Waals surface area contributed by atoms with E-state index >= 15 is 0 Å².